The van der Waals surface area contributed by atoms with Gasteiger partial charge in [-0.25, -0.2) is 4.98 Å². The number of carbonyl (C=O) groups excluding carboxylic acids is 1. The molecule has 8 heteroatoms. The third kappa shape index (κ3) is 4.04. The minimum Gasteiger partial charge on any atom is -0.497 e. The van der Waals surface area contributed by atoms with E-state index in [0.29, 0.717) is 30.6 Å². The molecule has 2 aromatic heterocycles. The van der Waals surface area contributed by atoms with Gasteiger partial charge in [0.05, 0.1) is 24.4 Å². The van der Waals surface area contributed by atoms with Gasteiger partial charge in [-0.2, -0.15) is 0 Å². The third-order valence-corrected chi connectivity index (χ3v) is 6.99. The van der Waals surface area contributed by atoms with Crippen molar-refractivity contribution in [2.75, 3.05) is 20.2 Å². The van der Waals surface area contributed by atoms with Crippen LogP contribution in [-0.4, -0.2) is 56.9 Å². The summed E-state index contributed by atoms with van der Waals surface area (Å²) in [6, 6.07) is 7.76. The predicted molar refractivity (Wildman–Crippen MR) is 127 cm³/mol. The highest BCUT2D eigenvalue weighted by atomic mass is 16.5. The molecule has 0 spiro atoms. The van der Waals surface area contributed by atoms with Crippen LogP contribution in [0.4, 0.5) is 0 Å². The van der Waals surface area contributed by atoms with E-state index in [1.54, 1.807) is 7.11 Å². The summed E-state index contributed by atoms with van der Waals surface area (Å²) >= 11 is 0. The molecule has 0 aliphatic carbocycles. The maximum atomic E-state index is 13.5. The lowest BCUT2D eigenvalue weighted by Crippen LogP contribution is -2.42. The van der Waals surface area contributed by atoms with Gasteiger partial charge in [-0.05, 0) is 51.3 Å². The molecule has 0 radical (unpaired) electrons. The van der Waals surface area contributed by atoms with Crippen LogP contribution in [0.25, 0.3) is 10.9 Å². The first kappa shape index (κ1) is 21.7. The molecular formula is C25H31N5O3. The molecule has 33 heavy (non-hydrogen) atoms. The van der Waals surface area contributed by atoms with Gasteiger partial charge in [-0.3, -0.25) is 14.5 Å². The van der Waals surface area contributed by atoms with Crippen molar-refractivity contribution in [2.24, 2.45) is 0 Å². The second-order valence-electron chi connectivity index (χ2n) is 9.34. The third-order valence-electron chi connectivity index (χ3n) is 6.99. The molecule has 1 fully saturated rings. The van der Waals surface area contributed by atoms with E-state index >= 15 is 0 Å². The Labute approximate surface area is 193 Å². The van der Waals surface area contributed by atoms with Crippen molar-refractivity contribution in [2.45, 2.75) is 58.2 Å². The van der Waals surface area contributed by atoms with Gasteiger partial charge in [0.2, 0.25) is 0 Å². The number of hydrogen-bond acceptors (Lipinski definition) is 5. The van der Waals surface area contributed by atoms with E-state index in [4.69, 9.17) is 9.72 Å². The van der Waals surface area contributed by atoms with Gasteiger partial charge in [-0.1, -0.05) is 0 Å². The normalized spacial score (nSPS) is 19.2. The molecule has 1 saturated heterocycles. The van der Waals surface area contributed by atoms with E-state index in [1.807, 2.05) is 29.2 Å². The van der Waals surface area contributed by atoms with E-state index < -0.39 is 0 Å². The van der Waals surface area contributed by atoms with Crippen LogP contribution < -0.4 is 10.3 Å². The number of fused-ring (bicyclic) bond motifs is 2. The topological polar surface area (TPSA) is 94.3 Å². The Hall–Kier alpha value is -3.13. The molecule has 5 rings (SSSR count). The van der Waals surface area contributed by atoms with Gasteiger partial charge in [0, 0.05) is 49.1 Å². The maximum absolute atomic E-state index is 13.5. The quantitative estimate of drug-likeness (QED) is 0.637. The molecule has 1 amide bonds. The van der Waals surface area contributed by atoms with E-state index in [0.717, 1.165) is 60.1 Å². The zero-order chi connectivity index (χ0) is 23.1. The van der Waals surface area contributed by atoms with Gasteiger partial charge in [-0.15, -0.1) is 0 Å². The number of likely N-dealkylation sites (tertiary alicyclic amines) is 1. The Morgan fingerprint density at radius 2 is 2.03 bits per heavy atom. The number of H-pyrrole nitrogens is 2. The van der Waals surface area contributed by atoms with E-state index in [-0.39, 0.29) is 17.5 Å². The average Bonchev–Trinajstić information content (AvgIpc) is 3.26. The predicted octanol–water partition coefficient (Wildman–Crippen LogP) is 3.39. The first-order chi connectivity index (χ1) is 15.9. The van der Waals surface area contributed by atoms with Gasteiger partial charge >= 0.3 is 0 Å². The number of aromatic nitrogens is 3. The van der Waals surface area contributed by atoms with Crippen molar-refractivity contribution in [1.29, 1.82) is 0 Å². The van der Waals surface area contributed by atoms with E-state index in [1.165, 1.54) is 0 Å². The minimum atomic E-state index is -0.228. The first-order valence-electron chi connectivity index (χ1n) is 11.8. The van der Waals surface area contributed by atoms with E-state index in [2.05, 4.69) is 28.7 Å². The van der Waals surface area contributed by atoms with Gasteiger partial charge in [0.1, 0.15) is 17.3 Å². The summed E-state index contributed by atoms with van der Waals surface area (Å²) < 4.78 is 5.30. The molecule has 1 atom stereocenters. The second kappa shape index (κ2) is 8.67. The molecule has 2 aliphatic heterocycles. The summed E-state index contributed by atoms with van der Waals surface area (Å²) in [6.45, 7) is 6.46. The number of methoxy groups -OCH3 is 1. The van der Waals surface area contributed by atoms with Gasteiger partial charge < -0.3 is 19.6 Å². The van der Waals surface area contributed by atoms with Crippen LogP contribution in [0.5, 0.6) is 5.75 Å². The molecule has 3 aromatic rings. The van der Waals surface area contributed by atoms with Crippen LogP contribution in [0.3, 0.4) is 0 Å². The number of carbonyl (C=O) groups is 1. The highest BCUT2D eigenvalue weighted by molar-refractivity contribution is 5.98. The van der Waals surface area contributed by atoms with Crippen molar-refractivity contribution in [1.82, 2.24) is 24.8 Å². The van der Waals surface area contributed by atoms with Crippen LogP contribution in [0, 0.1) is 0 Å². The summed E-state index contributed by atoms with van der Waals surface area (Å²) in [6.07, 6.45) is 3.49. The molecule has 8 nitrogen and oxygen atoms in total. The maximum Gasteiger partial charge on any atom is 0.270 e. The summed E-state index contributed by atoms with van der Waals surface area (Å²) in [5.41, 5.74) is 2.97. The zero-order valence-electron chi connectivity index (χ0n) is 19.5. The smallest absolute Gasteiger partial charge is 0.270 e. The summed E-state index contributed by atoms with van der Waals surface area (Å²) in [5.74, 6) is 1.29. The number of nitrogens with zero attached hydrogens (tertiary/aromatic N) is 3. The van der Waals surface area contributed by atoms with Crippen LogP contribution >= 0.6 is 0 Å². The minimum absolute atomic E-state index is 0.0683. The highest BCUT2D eigenvalue weighted by Gasteiger charge is 2.32. The summed E-state index contributed by atoms with van der Waals surface area (Å²) in [4.78, 5) is 41.8. The summed E-state index contributed by atoms with van der Waals surface area (Å²) in [7, 11) is 1.63. The molecule has 0 bridgehead atoms. The fraction of sp³-hybridized carbons (Fsp3) is 0.480. The van der Waals surface area contributed by atoms with Crippen molar-refractivity contribution >= 4 is 16.8 Å². The van der Waals surface area contributed by atoms with Crippen molar-refractivity contribution in [3.63, 3.8) is 0 Å². The number of nitrogens with one attached hydrogen (secondary N) is 2. The molecule has 2 N–H and O–H groups in total. The van der Waals surface area contributed by atoms with Crippen molar-refractivity contribution in [3.8, 4) is 5.75 Å². The number of piperidine rings is 1. The molecular weight excluding hydrogens is 418 g/mol. The number of amides is 1. The average molecular weight is 450 g/mol. The fourth-order valence-electron chi connectivity index (χ4n) is 5.03. The molecule has 4 heterocycles. The second-order valence-corrected chi connectivity index (χ2v) is 9.34. The van der Waals surface area contributed by atoms with Gasteiger partial charge in [0.15, 0.2) is 0 Å². The molecule has 2 aliphatic rings. The van der Waals surface area contributed by atoms with Crippen LogP contribution in [0.15, 0.2) is 29.1 Å². The molecule has 0 unspecified atom stereocenters. The lowest BCUT2D eigenvalue weighted by molar-refractivity contribution is 0.0593. The Kier molecular flexibility index (Phi) is 5.70. The van der Waals surface area contributed by atoms with Crippen molar-refractivity contribution < 1.29 is 9.53 Å². The van der Waals surface area contributed by atoms with Crippen LogP contribution in [0.2, 0.25) is 0 Å². The largest absolute Gasteiger partial charge is 0.497 e. The van der Waals surface area contributed by atoms with Crippen LogP contribution in [-0.2, 0) is 13.0 Å². The van der Waals surface area contributed by atoms with E-state index in [9.17, 15) is 9.59 Å². The number of benzene rings is 1. The number of rotatable bonds is 4. The number of ether oxygens (including phenoxy) is 1. The standard InChI is InChI=1S/C25H31N5O3/c1-15(2)29-11-9-19-18(14-29)24(31)28-23(27-19)22-6-4-5-10-30(22)25(32)21-12-16-7-8-17(33-3)13-20(16)26-21/h7-8,12-13,15,22,26H,4-6,9-11,14H2,1-3H3,(H,27,28,31)/t22-/m1/s1. The summed E-state index contributed by atoms with van der Waals surface area (Å²) in [5, 5.41) is 0.961. The monoisotopic (exact) mass is 449 g/mol. The molecule has 174 valence electrons. The Balaban J connectivity index is 1.45. The lowest BCUT2D eigenvalue weighted by atomic mass is 9.99. The Morgan fingerprint density at radius 1 is 1.18 bits per heavy atom. The van der Waals surface area contributed by atoms with Gasteiger partial charge in [0.25, 0.3) is 11.5 Å². The SMILES string of the molecule is COc1ccc2cc(C(=O)N3CCCC[C@@H]3c3nc4c(c(=O)[nH]3)CN(C(C)C)CC4)[nH]c2c1. The van der Waals surface area contributed by atoms with Crippen LogP contribution in [0.1, 0.15) is 66.7 Å². The fourth-order valence-corrected chi connectivity index (χ4v) is 5.03. The highest BCUT2D eigenvalue weighted by Crippen LogP contribution is 2.31. The molecule has 0 saturated carbocycles. The Morgan fingerprint density at radius 3 is 2.82 bits per heavy atom. The lowest BCUT2D eigenvalue weighted by Gasteiger charge is -2.36. The molecule has 1 aromatic carbocycles. The zero-order valence-corrected chi connectivity index (χ0v) is 19.5. The first-order valence-corrected chi connectivity index (χ1v) is 11.8. The number of aromatic amines is 2. The number of hydrogen-bond donors (Lipinski definition) is 2. The van der Waals surface area contributed by atoms with Crippen molar-refractivity contribution in [3.05, 3.63) is 57.4 Å². The Bertz CT molecular complexity index is 1240.